The number of hydrogen-bond acceptors (Lipinski definition) is 9. The number of allylic oxidation sites excluding steroid dienone is 2. The standard InChI is InChI=1S/C35H42O9/c1-17(2)11-12-20-25(36)23-26(37)21-15-33(41-10)16-22-32(7,8)44-34(30(33)39,14-13-18(3)29(38)40-9)35(21,22)43-28(23)24-27(20)42-19(4)31(24,5)6/h11,13,15,19,22,36H,12,14,16H2,1-10H3/b18-13+/t19-,22+,33-,34+,35-/m0/s1. The molecule has 1 aromatic rings. The zero-order valence-corrected chi connectivity index (χ0v) is 27.2. The van der Waals surface area contributed by atoms with Gasteiger partial charge in [-0.15, -0.1) is 0 Å². The molecule has 1 saturated carbocycles. The number of carbonyl (C=O) groups excluding carboxylic acids is 3. The molecule has 1 spiro atoms. The van der Waals surface area contributed by atoms with Gasteiger partial charge < -0.3 is 28.8 Å². The second kappa shape index (κ2) is 9.30. The van der Waals surface area contributed by atoms with Crippen LogP contribution in [-0.2, 0) is 35.6 Å². The van der Waals surface area contributed by atoms with Crippen molar-refractivity contribution in [2.75, 3.05) is 14.2 Å². The number of Topliss-reactive ketones (excluding diaryl/α,β-unsaturated/α-hetero) is 2. The smallest absolute Gasteiger partial charge is 0.333 e. The molecule has 0 radical (unpaired) electrons. The molecule has 3 aliphatic heterocycles. The summed E-state index contributed by atoms with van der Waals surface area (Å²) in [7, 11) is 2.74. The molecule has 0 amide bonds. The van der Waals surface area contributed by atoms with Gasteiger partial charge >= 0.3 is 5.97 Å². The lowest BCUT2D eigenvalue weighted by atomic mass is 9.49. The number of phenols is 1. The highest BCUT2D eigenvalue weighted by Crippen LogP contribution is 2.70. The van der Waals surface area contributed by atoms with Crippen molar-refractivity contribution in [3.8, 4) is 17.2 Å². The van der Waals surface area contributed by atoms with Crippen molar-refractivity contribution < 1.29 is 43.2 Å². The molecular weight excluding hydrogens is 564 g/mol. The van der Waals surface area contributed by atoms with E-state index in [0.29, 0.717) is 28.9 Å². The van der Waals surface area contributed by atoms with Crippen molar-refractivity contribution in [1.82, 2.24) is 0 Å². The predicted octanol–water partition coefficient (Wildman–Crippen LogP) is 5.24. The number of hydrogen-bond donors (Lipinski definition) is 1. The van der Waals surface area contributed by atoms with Crippen molar-refractivity contribution in [3.63, 3.8) is 0 Å². The molecule has 2 fully saturated rings. The number of ketones is 2. The van der Waals surface area contributed by atoms with Crippen LogP contribution < -0.4 is 9.47 Å². The average molecular weight is 607 g/mol. The molecule has 44 heavy (non-hydrogen) atoms. The van der Waals surface area contributed by atoms with E-state index in [1.54, 1.807) is 19.1 Å². The van der Waals surface area contributed by atoms with Gasteiger partial charge in [-0.3, -0.25) is 9.59 Å². The van der Waals surface area contributed by atoms with Crippen molar-refractivity contribution in [2.24, 2.45) is 5.92 Å². The zero-order valence-electron chi connectivity index (χ0n) is 27.2. The van der Waals surface area contributed by atoms with Gasteiger partial charge in [0, 0.05) is 47.1 Å². The maximum Gasteiger partial charge on any atom is 0.333 e. The highest BCUT2D eigenvalue weighted by atomic mass is 16.6. The van der Waals surface area contributed by atoms with Gasteiger partial charge in [0.2, 0.25) is 5.78 Å². The van der Waals surface area contributed by atoms with Gasteiger partial charge in [-0.05, 0) is 60.5 Å². The molecule has 1 N–H and O–H groups in total. The number of esters is 1. The van der Waals surface area contributed by atoms with Gasteiger partial charge in [0.05, 0.1) is 12.7 Å². The summed E-state index contributed by atoms with van der Waals surface area (Å²) in [6, 6.07) is 0. The van der Waals surface area contributed by atoms with E-state index in [4.69, 9.17) is 23.7 Å². The van der Waals surface area contributed by atoms with Crippen LogP contribution in [0.2, 0.25) is 0 Å². The first-order valence-corrected chi connectivity index (χ1v) is 15.2. The third-order valence-corrected chi connectivity index (χ3v) is 10.9. The van der Waals surface area contributed by atoms with Gasteiger partial charge in [-0.1, -0.05) is 31.6 Å². The minimum absolute atomic E-state index is 0.0547. The molecule has 4 bridgehead atoms. The molecule has 7 rings (SSSR count). The van der Waals surface area contributed by atoms with Gasteiger partial charge in [0.1, 0.15) is 34.5 Å². The summed E-state index contributed by atoms with van der Waals surface area (Å²) in [5.41, 5.74) is -3.38. The van der Waals surface area contributed by atoms with E-state index >= 15 is 0 Å². The van der Waals surface area contributed by atoms with Crippen LogP contribution in [0.3, 0.4) is 0 Å². The van der Waals surface area contributed by atoms with Gasteiger partial charge in [-0.2, -0.15) is 0 Å². The van der Waals surface area contributed by atoms with Crippen molar-refractivity contribution in [3.05, 3.63) is 51.6 Å². The Morgan fingerprint density at radius 1 is 1.09 bits per heavy atom. The van der Waals surface area contributed by atoms with E-state index in [9.17, 15) is 19.5 Å². The molecule has 0 unspecified atom stereocenters. The fourth-order valence-corrected chi connectivity index (χ4v) is 8.18. The zero-order chi connectivity index (χ0) is 32.4. The Labute approximate surface area is 258 Å². The van der Waals surface area contributed by atoms with E-state index in [1.165, 1.54) is 14.2 Å². The molecule has 5 atom stereocenters. The number of rotatable bonds is 6. The van der Waals surface area contributed by atoms with Crippen LogP contribution in [-0.4, -0.2) is 65.4 Å². The summed E-state index contributed by atoms with van der Waals surface area (Å²) in [6.45, 7) is 15.3. The minimum Gasteiger partial charge on any atom is -0.507 e. The second-order valence-corrected chi connectivity index (χ2v) is 14.2. The third kappa shape index (κ3) is 3.51. The predicted molar refractivity (Wildman–Crippen MR) is 161 cm³/mol. The average Bonchev–Trinajstić information content (AvgIpc) is 3.29. The molecule has 3 heterocycles. The number of methoxy groups -OCH3 is 2. The molecule has 236 valence electrons. The van der Waals surface area contributed by atoms with Gasteiger partial charge in [0.15, 0.2) is 17.0 Å². The molecule has 1 aromatic carbocycles. The van der Waals surface area contributed by atoms with E-state index in [2.05, 4.69) is 0 Å². The van der Waals surface area contributed by atoms with Crippen LogP contribution in [0.4, 0.5) is 0 Å². The molecular formula is C35H42O9. The van der Waals surface area contributed by atoms with Crippen LogP contribution in [0.15, 0.2) is 34.9 Å². The first kappa shape index (κ1) is 30.6. The summed E-state index contributed by atoms with van der Waals surface area (Å²) in [4.78, 5) is 42.0. The fourth-order valence-electron chi connectivity index (χ4n) is 8.18. The first-order chi connectivity index (χ1) is 20.5. The molecule has 1 saturated heterocycles. The summed E-state index contributed by atoms with van der Waals surface area (Å²) in [6.07, 6.45) is 5.45. The fraction of sp³-hybridized carbons (Fsp3) is 0.571. The van der Waals surface area contributed by atoms with Crippen molar-refractivity contribution in [1.29, 1.82) is 0 Å². The highest BCUT2D eigenvalue weighted by Gasteiger charge is 2.84. The number of benzene rings is 1. The summed E-state index contributed by atoms with van der Waals surface area (Å²) >= 11 is 0. The Balaban J connectivity index is 1.68. The van der Waals surface area contributed by atoms with E-state index in [1.807, 2.05) is 54.5 Å². The van der Waals surface area contributed by atoms with Crippen LogP contribution in [0.25, 0.3) is 0 Å². The Kier molecular flexibility index (Phi) is 6.46. The quantitative estimate of drug-likeness (QED) is 0.263. The van der Waals surface area contributed by atoms with Crippen LogP contribution in [0.1, 0.15) is 89.7 Å². The maximum atomic E-state index is 14.9. The Hall–Kier alpha value is -3.43. The first-order valence-electron chi connectivity index (χ1n) is 15.2. The maximum absolute atomic E-state index is 14.9. The normalized spacial score (nSPS) is 33.5. The third-order valence-electron chi connectivity index (χ3n) is 10.9. The SMILES string of the molecule is COC(=O)/C(C)=C/C[C@]12OC(C)(C)[C@H]3C[C@@](OC)(C=C4C(=O)c5c(O)c(CC=C(C)C)c6c(c5O[C@@]431)C(C)(C)[C@H](C)O6)C2=O. The van der Waals surface area contributed by atoms with Crippen LogP contribution >= 0.6 is 0 Å². The van der Waals surface area contributed by atoms with E-state index in [0.717, 1.165) is 5.57 Å². The Bertz CT molecular complexity index is 1620. The van der Waals surface area contributed by atoms with E-state index < -0.39 is 45.5 Å². The van der Waals surface area contributed by atoms with Crippen molar-refractivity contribution >= 4 is 17.5 Å². The Morgan fingerprint density at radius 2 is 1.77 bits per heavy atom. The Morgan fingerprint density at radius 3 is 2.39 bits per heavy atom. The summed E-state index contributed by atoms with van der Waals surface area (Å²) < 4.78 is 31.3. The largest absolute Gasteiger partial charge is 0.507 e. The van der Waals surface area contributed by atoms with Crippen LogP contribution in [0.5, 0.6) is 17.2 Å². The number of ether oxygens (including phenoxy) is 5. The van der Waals surface area contributed by atoms with Gasteiger partial charge in [-0.25, -0.2) is 4.79 Å². The number of aromatic hydroxyl groups is 1. The summed E-state index contributed by atoms with van der Waals surface area (Å²) in [5.74, 6) is -1.29. The van der Waals surface area contributed by atoms with E-state index in [-0.39, 0.29) is 47.4 Å². The van der Waals surface area contributed by atoms with Crippen molar-refractivity contribution in [2.45, 2.75) is 109 Å². The summed E-state index contributed by atoms with van der Waals surface area (Å²) in [5, 5.41) is 11.8. The highest BCUT2D eigenvalue weighted by molar-refractivity contribution is 6.20. The topological polar surface area (TPSA) is 118 Å². The number of fused-ring (bicyclic) bond motifs is 3. The monoisotopic (exact) mass is 606 g/mol. The number of carbonyl (C=O) groups is 3. The second-order valence-electron chi connectivity index (χ2n) is 14.2. The lowest BCUT2D eigenvalue weighted by Gasteiger charge is -2.59. The molecule has 3 aliphatic carbocycles. The lowest BCUT2D eigenvalue weighted by molar-refractivity contribution is -0.190. The minimum atomic E-state index is -1.71. The van der Waals surface area contributed by atoms with Gasteiger partial charge in [0.25, 0.3) is 0 Å². The van der Waals surface area contributed by atoms with Crippen LogP contribution in [0, 0.1) is 5.92 Å². The molecule has 9 heteroatoms. The lowest BCUT2D eigenvalue weighted by Crippen LogP contribution is -2.77. The molecule has 6 aliphatic rings. The molecule has 0 aromatic heterocycles. The number of phenolic OH excluding ortho intramolecular Hbond substituents is 1. The molecule has 9 nitrogen and oxygen atoms in total.